The summed E-state index contributed by atoms with van der Waals surface area (Å²) < 4.78 is 6.26. The predicted octanol–water partition coefficient (Wildman–Crippen LogP) is 4.29. The molecular weight excluding hydrogens is 390 g/mol. The molecule has 156 valence electrons. The largest absolute Gasteiger partial charge is 0.486 e. The number of anilines is 2. The van der Waals surface area contributed by atoms with E-state index in [0.717, 1.165) is 11.3 Å². The van der Waals surface area contributed by atoms with E-state index < -0.39 is 6.04 Å². The summed E-state index contributed by atoms with van der Waals surface area (Å²) in [7, 11) is 0. The van der Waals surface area contributed by atoms with Gasteiger partial charge in [0.05, 0.1) is 18.8 Å². The number of hydrogen-bond acceptors (Lipinski definition) is 3. The number of hydrogen-bond donors (Lipinski definition) is 1. The van der Waals surface area contributed by atoms with Gasteiger partial charge in [0.2, 0.25) is 5.91 Å². The van der Waals surface area contributed by atoms with Gasteiger partial charge in [-0.3, -0.25) is 4.79 Å². The Kier molecular flexibility index (Phi) is 5.04. The van der Waals surface area contributed by atoms with Crippen LogP contribution in [0.1, 0.15) is 12.0 Å². The second kappa shape index (κ2) is 8.14. The topological polar surface area (TPSA) is 61.9 Å². The van der Waals surface area contributed by atoms with Gasteiger partial charge in [-0.25, -0.2) is 4.79 Å². The molecule has 0 unspecified atom stereocenters. The zero-order chi connectivity index (χ0) is 21.2. The SMILES string of the molecule is O=C1[C@@H]2C[C@@H](CN2C(=O)Nc2ccccc2)Oc2ccccc2N1Cc1ccccc1. The van der Waals surface area contributed by atoms with Crippen LogP contribution in [0.3, 0.4) is 0 Å². The maximum Gasteiger partial charge on any atom is 0.322 e. The van der Waals surface area contributed by atoms with Crippen molar-refractivity contribution in [1.29, 1.82) is 0 Å². The zero-order valence-corrected chi connectivity index (χ0v) is 17.0. The van der Waals surface area contributed by atoms with Gasteiger partial charge in [0, 0.05) is 12.1 Å². The third-order valence-electron chi connectivity index (χ3n) is 5.73. The Balaban J connectivity index is 1.47. The van der Waals surface area contributed by atoms with Crippen LogP contribution in [-0.2, 0) is 11.3 Å². The van der Waals surface area contributed by atoms with Crippen LogP contribution in [0.5, 0.6) is 5.75 Å². The fourth-order valence-electron chi connectivity index (χ4n) is 4.25. The number of ether oxygens (including phenoxy) is 1. The van der Waals surface area contributed by atoms with E-state index in [4.69, 9.17) is 4.74 Å². The Morgan fingerprint density at radius 1 is 0.935 bits per heavy atom. The van der Waals surface area contributed by atoms with Crippen LogP contribution in [0, 0.1) is 0 Å². The maximum absolute atomic E-state index is 13.7. The third kappa shape index (κ3) is 3.84. The summed E-state index contributed by atoms with van der Waals surface area (Å²) in [5, 5.41) is 2.90. The molecule has 6 nitrogen and oxygen atoms in total. The molecule has 2 aliphatic heterocycles. The van der Waals surface area contributed by atoms with Crippen LogP contribution < -0.4 is 15.0 Å². The second-order valence-corrected chi connectivity index (χ2v) is 7.82. The van der Waals surface area contributed by atoms with Crippen molar-refractivity contribution in [2.75, 3.05) is 16.8 Å². The molecule has 0 aromatic heterocycles. The van der Waals surface area contributed by atoms with E-state index >= 15 is 0 Å². The number of carbonyl (C=O) groups excluding carboxylic acids is 2. The Morgan fingerprint density at radius 2 is 1.61 bits per heavy atom. The number of rotatable bonds is 3. The van der Waals surface area contributed by atoms with Crippen LogP contribution in [-0.4, -0.2) is 35.5 Å². The number of benzene rings is 3. The molecule has 2 heterocycles. The lowest BCUT2D eigenvalue weighted by Gasteiger charge is -2.31. The summed E-state index contributed by atoms with van der Waals surface area (Å²) in [6.07, 6.45) is 0.246. The van der Waals surface area contributed by atoms with Gasteiger partial charge in [0.1, 0.15) is 17.9 Å². The molecule has 2 atom stereocenters. The number of carbonyl (C=O) groups is 2. The summed E-state index contributed by atoms with van der Waals surface area (Å²) >= 11 is 0. The third-order valence-corrected chi connectivity index (χ3v) is 5.73. The van der Waals surface area contributed by atoms with Crippen molar-refractivity contribution >= 4 is 23.3 Å². The van der Waals surface area contributed by atoms with Gasteiger partial charge in [-0.2, -0.15) is 0 Å². The van der Waals surface area contributed by atoms with Crippen molar-refractivity contribution in [2.24, 2.45) is 0 Å². The predicted molar refractivity (Wildman–Crippen MR) is 119 cm³/mol. The first-order valence-corrected chi connectivity index (χ1v) is 10.4. The molecule has 1 fully saturated rings. The summed E-state index contributed by atoms with van der Waals surface area (Å²) in [6, 6.07) is 25.8. The number of amides is 3. The standard InChI is InChI=1S/C25H23N3O3/c29-24-22-15-20(17-28(22)25(30)26-19-11-5-2-6-12-19)31-23-14-8-7-13-21(23)27(24)16-18-9-3-1-4-10-18/h1-14,20,22H,15-17H2,(H,26,30)/t20-,22-/m0/s1. The highest BCUT2D eigenvalue weighted by Gasteiger charge is 2.45. The molecule has 0 radical (unpaired) electrons. The van der Waals surface area contributed by atoms with Crippen molar-refractivity contribution in [3.63, 3.8) is 0 Å². The Hall–Kier alpha value is -3.80. The number of urea groups is 1. The van der Waals surface area contributed by atoms with Crippen LogP contribution in [0.2, 0.25) is 0 Å². The van der Waals surface area contributed by atoms with Crippen molar-refractivity contribution in [3.8, 4) is 5.75 Å². The van der Waals surface area contributed by atoms with E-state index in [9.17, 15) is 9.59 Å². The van der Waals surface area contributed by atoms with Crippen LogP contribution in [0.15, 0.2) is 84.9 Å². The first kappa shape index (κ1) is 19.2. The average molecular weight is 413 g/mol. The first-order chi connectivity index (χ1) is 15.2. The molecule has 5 rings (SSSR count). The van der Waals surface area contributed by atoms with Crippen molar-refractivity contribution < 1.29 is 14.3 Å². The van der Waals surface area contributed by atoms with Gasteiger partial charge in [0.25, 0.3) is 0 Å². The first-order valence-electron chi connectivity index (χ1n) is 10.4. The average Bonchev–Trinajstić information content (AvgIpc) is 3.23. The molecule has 2 bridgehead atoms. The number of nitrogens with zero attached hydrogens (tertiary/aromatic N) is 2. The van der Waals surface area contributed by atoms with Crippen molar-refractivity contribution in [1.82, 2.24) is 4.90 Å². The van der Waals surface area contributed by atoms with E-state index in [2.05, 4.69) is 5.32 Å². The molecule has 0 spiro atoms. The summed E-state index contributed by atoms with van der Waals surface area (Å²) in [5.41, 5.74) is 2.44. The fourth-order valence-corrected chi connectivity index (χ4v) is 4.25. The molecule has 2 aliphatic rings. The number of fused-ring (bicyclic) bond motifs is 3. The van der Waals surface area contributed by atoms with E-state index in [1.807, 2.05) is 84.9 Å². The Morgan fingerprint density at radius 3 is 2.39 bits per heavy atom. The number of para-hydroxylation sites is 3. The fraction of sp³-hybridized carbons (Fsp3) is 0.200. The van der Waals surface area contributed by atoms with E-state index in [-0.39, 0.29) is 18.0 Å². The quantitative estimate of drug-likeness (QED) is 0.697. The molecule has 3 amide bonds. The summed E-state index contributed by atoms with van der Waals surface area (Å²) in [5.74, 6) is 0.575. The summed E-state index contributed by atoms with van der Waals surface area (Å²) in [6.45, 7) is 0.776. The van der Waals surface area contributed by atoms with Gasteiger partial charge in [-0.05, 0) is 29.8 Å². The lowest BCUT2D eigenvalue weighted by atomic mass is 10.1. The van der Waals surface area contributed by atoms with E-state index in [1.54, 1.807) is 9.80 Å². The number of likely N-dealkylation sites (tertiary alicyclic amines) is 1. The highest BCUT2D eigenvalue weighted by Crippen LogP contribution is 2.37. The van der Waals surface area contributed by atoms with Gasteiger partial charge in [-0.1, -0.05) is 60.7 Å². The molecule has 0 aliphatic carbocycles. The minimum Gasteiger partial charge on any atom is -0.486 e. The van der Waals surface area contributed by atoms with E-state index in [0.29, 0.717) is 30.9 Å². The van der Waals surface area contributed by atoms with Gasteiger partial charge in [0.15, 0.2) is 0 Å². The minimum atomic E-state index is -0.578. The Labute approximate surface area is 181 Å². The van der Waals surface area contributed by atoms with Crippen LogP contribution in [0.25, 0.3) is 0 Å². The van der Waals surface area contributed by atoms with Crippen molar-refractivity contribution in [3.05, 3.63) is 90.5 Å². The summed E-state index contributed by atoms with van der Waals surface area (Å²) in [4.78, 5) is 30.1. The van der Waals surface area contributed by atoms with Crippen LogP contribution >= 0.6 is 0 Å². The molecule has 0 saturated carbocycles. The minimum absolute atomic E-state index is 0.0923. The van der Waals surface area contributed by atoms with Crippen LogP contribution in [0.4, 0.5) is 16.2 Å². The highest BCUT2D eigenvalue weighted by atomic mass is 16.5. The van der Waals surface area contributed by atoms with E-state index in [1.165, 1.54) is 0 Å². The number of nitrogens with one attached hydrogen (secondary N) is 1. The Bertz CT molecular complexity index is 1090. The molecular formula is C25H23N3O3. The van der Waals surface area contributed by atoms with Crippen molar-refractivity contribution in [2.45, 2.75) is 25.1 Å². The second-order valence-electron chi connectivity index (χ2n) is 7.82. The van der Waals surface area contributed by atoms with Gasteiger partial charge >= 0.3 is 6.03 Å². The molecule has 3 aromatic rings. The molecule has 1 N–H and O–H groups in total. The zero-order valence-electron chi connectivity index (χ0n) is 17.0. The normalized spacial score (nSPS) is 19.8. The lowest BCUT2D eigenvalue weighted by Crippen LogP contribution is -2.49. The lowest BCUT2D eigenvalue weighted by molar-refractivity contribution is -0.122. The van der Waals surface area contributed by atoms with Gasteiger partial charge < -0.3 is 19.9 Å². The maximum atomic E-state index is 13.7. The van der Waals surface area contributed by atoms with Gasteiger partial charge in [-0.15, -0.1) is 0 Å². The monoisotopic (exact) mass is 413 g/mol. The molecule has 6 heteroatoms. The molecule has 3 aromatic carbocycles. The molecule has 31 heavy (non-hydrogen) atoms. The highest BCUT2D eigenvalue weighted by molar-refractivity contribution is 6.02. The molecule has 1 saturated heterocycles. The smallest absolute Gasteiger partial charge is 0.322 e.